The van der Waals surface area contributed by atoms with Gasteiger partial charge < -0.3 is 17.2 Å². The standard InChI is InChI=1S/C9H14N2.H3N/c1-4-5-6-9(3)11-7-8(2)10;/h4-7,11H,1,3,10H2,2H3;1H3/b6-5-,8-7-;. The highest BCUT2D eigenvalue weighted by molar-refractivity contribution is 5.18. The third-order valence-electron chi connectivity index (χ3n) is 0.919. The van der Waals surface area contributed by atoms with E-state index in [1.165, 1.54) is 0 Å². The van der Waals surface area contributed by atoms with E-state index in [0.717, 1.165) is 11.4 Å². The van der Waals surface area contributed by atoms with Crippen molar-refractivity contribution in [1.29, 1.82) is 0 Å². The summed E-state index contributed by atoms with van der Waals surface area (Å²) in [6.45, 7) is 9.05. The summed E-state index contributed by atoms with van der Waals surface area (Å²) in [6.07, 6.45) is 6.99. The molecule has 0 atom stereocenters. The van der Waals surface area contributed by atoms with Gasteiger partial charge in [0.15, 0.2) is 0 Å². The molecule has 0 saturated carbocycles. The van der Waals surface area contributed by atoms with Crippen molar-refractivity contribution in [2.45, 2.75) is 6.92 Å². The van der Waals surface area contributed by atoms with Crippen molar-refractivity contribution in [1.82, 2.24) is 11.5 Å². The minimum Gasteiger partial charge on any atom is -0.401 e. The summed E-state index contributed by atoms with van der Waals surface area (Å²) in [5.41, 5.74) is 6.89. The largest absolute Gasteiger partial charge is 0.401 e. The van der Waals surface area contributed by atoms with Crippen molar-refractivity contribution in [2.75, 3.05) is 0 Å². The predicted octanol–water partition coefficient (Wildman–Crippen LogP) is 1.81. The average molecular weight is 167 g/mol. The second-order valence-corrected chi connectivity index (χ2v) is 2.15. The molecular weight excluding hydrogens is 150 g/mol. The molecule has 0 aromatic carbocycles. The van der Waals surface area contributed by atoms with E-state index in [-0.39, 0.29) is 6.15 Å². The number of nitrogens with two attached hydrogens (primary N) is 1. The van der Waals surface area contributed by atoms with Crippen molar-refractivity contribution in [3.63, 3.8) is 0 Å². The van der Waals surface area contributed by atoms with Crippen molar-refractivity contribution < 1.29 is 0 Å². The summed E-state index contributed by atoms with van der Waals surface area (Å²) in [5, 5.41) is 2.90. The van der Waals surface area contributed by atoms with Crippen LogP contribution in [-0.2, 0) is 0 Å². The lowest BCUT2D eigenvalue weighted by Gasteiger charge is -1.98. The van der Waals surface area contributed by atoms with E-state index in [4.69, 9.17) is 5.73 Å². The van der Waals surface area contributed by atoms with Gasteiger partial charge in [0.05, 0.1) is 0 Å². The lowest BCUT2D eigenvalue weighted by molar-refractivity contribution is 1.08. The molecule has 0 spiro atoms. The molecule has 0 aliphatic carbocycles. The van der Waals surface area contributed by atoms with Crippen LogP contribution in [0.3, 0.4) is 0 Å². The zero-order chi connectivity index (χ0) is 8.69. The second-order valence-electron chi connectivity index (χ2n) is 2.15. The van der Waals surface area contributed by atoms with E-state index in [9.17, 15) is 0 Å². The maximum atomic E-state index is 5.38. The first-order valence-electron chi connectivity index (χ1n) is 3.33. The molecule has 0 aromatic heterocycles. The molecule has 3 nitrogen and oxygen atoms in total. The SMILES string of the molecule is C=C/C=C\C(=C)N/C=C(/C)N.N. The van der Waals surface area contributed by atoms with Crippen molar-refractivity contribution >= 4 is 0 Å². The van der Waals surface area contributed by atoms with Crippen LogP contribution < -0.4 is 17.2 Å². The third-order valence-corrected chi connectivity index (χ3v) is 0.919. The molecule has 12 heavy (non-hydrogen) atoms. The predicted molar refractivity (Wildman–Crippen MR) is 54.6 cm³/mol. The van der Waals surface area contributed by atoms with Crippen LogP contribution >= 0.6 is 0 Å². The lowest BCUT2D eigenvalue weighted by atomic mass is 10.4. The molecule has 6 N–H and O–H groups in total. The van der Waals surface area contributed by atoms with E-state index >= 15 is 0 Å². The van der Waals surface area contributed by atoms with Gasteiger partial charge in [0, 0.05) is 17.6 Å². The first-order valence-corrected chi connectivity index (χ1v) is 3.33. The number of nitrogens with one attached hydrogen (secondary N) is 1. The van der Waals surface area contributed by atoms with Crippen LogP contribution in [0.4, 0.5) is 0 Å². The highest BCUT2D eigenvalue weighted by atomic mass is 14.9. The van der Waals surface area contributed by atoms with Crippen LogP contribution in [-0.4, -0.2) is 0 Å². The van der Waals surface area contributed by atoms with Crippen LogP contribution in [0, 0.1) is 0 Å². The van der Waals surface area contributed by atoms with Crippen LogP contribution in [0.15, 0.2) is 49.0 Å². The monoisotopic (exact) mass is 167 g/mol. The number of hydrogen-bond donors (Lipinski definition) is 3. The quantitative estimate of drug-likeness (QED) is 0.559. The summed E-state index contributed by atoms with van der Waals surface area (Å²) in [7, 11) is 0. The molecule has 0 bridgehead atoms. The topological polar surface area (TPSA) is 73.0 Å². The lowest BCUT2D eigenvalue weighted by Crippen LogP contribution is -2.04. The number of allylic oxidation sites excluding steroid dienone is 4. The zero-order valence-electron chi connectivity index (χ0n) is 7.51. The molecule has 0 saturated heterocycles. The Hall–Kier alpha value is -1.48. The Balaban J connectivity index is 0. The second kappa shape index (κ2) is 7.63. The normalized spacial score (nSPS) is 10.6. The van der Waals surface area contributed by atoms with E-state index < -0.39 is 0 Å². The summed E-state index contributed by atoms with van der Waals surface area (Å²) < 4.78 is 0. The van der Waals surface area contributed by atoms with Gasteiger partial charge in [-0.3, -0.25) is 0 Å². The Kier molecular flexibility index (Phi) is 8.35. The van der Waals surface area contributed by atoms with Gasteiger partial charge in [-0.05, 0) is 13.0 Å². The summed E-state index contributed by atoms with van der Waals surface area (Å²) in [5.74, 6) is 0. The van der Waals surface area contributed by atoms with Crippen molar-refractivity contribution in [3.05, 3.63) is 49.0 Å². The minimum atomic E-state index is 0. The molecule has 0 aliphatic rings. The van der Waals surface area contributed by atoms with Gasteiger partial charge in [0.1, 0.15) is 0 Å². The Morgan fingerprint density at radius 3 is 2.50 bits per heavy atom. The maximum Gasteiger partial charge on any atom is 0.0307 e. The van der Waals surface area contributed by atoms with Gasteiger partial charge >= 0.3 is 0 Å². The minimum absolute atomic E-state index is 0. The van der Waals surface area contributed by atoms with Crippen LogP contribution in [0.5, 0.6) is 0 Å². The fraction of sp³-hybridized carbons (Fsp3) is 0.111. The highest BCUT2D eigenvalue weighted by Crippen LogP contribution is 1.88. The first-order chi connectivity index (χ1) is 5.16. The van der Waals surface area contributed by atoms with Gasteiger partial charge in [-0.1, -0.05) is 25.3 Å². The summed E-state index contributed by atoms with van der Waals surface area (Å²) >= 11 is 0. The molecule has 0 heterocycles. The van der Waals surface area contributed by atoms with Gasteiger partial charge in [-0.15, -0.1) is 0 Å². The third kappa shape index (κ3) is 8.52. The Morgan fingerprint density at radius 2 is 2.08 bits per heavy atom. The fourth-order valence-corrected chi connectivity index (χ4v) is 0.439. The van der Waals surface area contributed by atoms with E-state index in [2.05, 4.69) is 18.5 Å². The van der Waals surface area contributed by atoms with Crippen molar-refractivity contribution in [3.8, 4) is 0 Å². The van der Waals surface area contributed by atoms with Gasteiger partial charge in [0.25, 0.3) is 0 Å². The van der Waals surface area contributed by atoms with Gasteiger partial charge in [-0.25, -0.2) is 0 Å². The van der Waals surface area contributed by atoms with Crippen LogP contribution in [0.1, 0.15) is 6.92 Å². The van der Waals surface area contributed by atoms with E-state index in [1.54, 1.807) is 25.3 Å². The molecule has 0 radical (unpaired) electrons. The van der Waals surface area contributed by atoms with Crippen LogP contribution in [0.2, 0.25) is 0 Å². The maximum absolute atomic E-state index is 5.38. The smallest absolute Gasteiger partial charge is 0.0307 e. The van der Waals surface area contributed by atoms with Gasteiger partial charge in [-0.2, -0.15) is 0 Å². The van der Waals surface area contributed by atoms with Crippen LogP contribution in [0.25, 0.3) is 0 Å². The molecule has 68 valence electrons. The summed E-state index contributed by atoms with van der Waals surface area (Å²) in [6, 6.07) is 0. The Labute approximate surface area is 73.9 Å². The fourth-order valence-electron chi connectivity index (χ4n) is 0.439. The molecule has 3 heteroatoms. The summed E-state index contributed by atoms with van der Waals surface area (Å²) in [4.78, 5) is 0. The molecule has 0 aliphatic heterocycles. The van der Waals surface area contributed by atoms with Crippen molar-refractivity contribution in [2.24, 2.45) is 5.73 Å². The molecule has 0 unspecified atom stereocenters. The zero-order valence-corrected chi connectivity index (χ0v) is 7.51. The highest BCUT2D eigenvalue weighted by Gasteiger charge is 1.80. The number of hydrogen-bond acceptors (Lipinski definition) is 3. The molecule has 0 aromatic rings. The van der Waals surface area contributed by atoms with E-state index in [1.807, 2.05) is 6.08 Å². The Morgan fingerprint density at radius 1 is 1.50 bits per heavy atom. The molecule has 0 rings (SSSR count). The molecular formula is C9H17N3. The molecule has 0 fully saturated rings. The van der Waals surface area contributed by atoms with Gasteiger partial charge in [0.2, 0.25) is 0 Å². The first kappa shape index (κ1) is 13.1. The number of rotatable bonds is 4. The average Bonchev–Trinajstić information content (AvgIpc) is 1.97. The Bertz CT molecular complexity index is 198. The van der Waals surface area contributed by atoms with E-state index in [0.29, 0.717) is 0 Å². The molecule has 0 amide bonds.